The molecule has 5 fully saturated rings. The summed E-state index contributed by atoms with van der Waals surface area (Å²) in [6.45, 7) is 4.13. The first-order valence-electron chi connectivity index (χ1n) is 12.2. The first kappa shape index (κ1) is 18.9. The fraction of sp³-hybridized carbons (Fsp3) is 0.731. The Balaban J connectivity index is 1.49. The van der Waals surface area contributed by atoms with Crippen molar-refractivity contribution in [3.05, 3.63) is 23.3 Å². The molecule has 5 aliphatic carbocycles. The van der Waals surface area contributed by atoms with Gasteiger partial charge in [-0.1, -0.05) is 6.07 Å². The average molecular weight is 424 g/mol. The number of hydrogen-bond acceptors (Lipinski definition) is 5. The van der Waals surface area contributed by atoms with E-state index < -0.39 is 5.60 Å². The fourth-order valence-corrected chi connectivity index (χ4v) is 9.02. The minimum absolute atomic E-state index is 0.0601. The van der Waals surface area contributed by atoms with Crippen LogP contribution in [-0.4, -0.2) is 55.7 Å². The minimum Gasteiger partial charge on any atom is -0.493 e. The predicted octanol–water partition coefficient (Wildman–Crippen LogP) is 3.51. The van der Waals surface area contributed by atoms with E-state index in [1.54, 1.807) is 21.1 Å². The molecule has 0 amide bonds. The van der Waals surface area contributed by atoms with Crippen LogP contribution in [0.2, 0.25) is 0 Å². The largest absolute Gasteiger partial charge is 0.493 e. The average Bonchev–Trinajstić information content (AvgIpc) is 3.52. The normalized spacial score (nSPS) is 44.0. The highest BCUT2D eigenvalue weighted by Crippen LogP contribution is 2.76. The van der Waals surface area contributed by atoms with Crippen LogP contribution in [0.1, 0.15) is 56.6 Å². The summed E-state index contributed by atoms with van der Waals surface area (Å²) in [6.07, 6.45) is 7.83. The molecule has 5 nitrogen and oxygen atoms in total. The van der Waals surface area contributed by atoms with Crippen molar-refractivity contribution in [2.24, 2.45) is 17.3 Å². The van der Waals surface area contributed by atoms with E-state index in [2.05, 4.69) is 17.0 Å². The maximum absolute atomic E-state index is 13.0. The number of benzene rings is 1. The van der Waals surface area contributed by atoms with E-state index >= 15 is 0 Å². The van der Waals surface area contributed by atoms with Gasteiger partial charge in [0.05, 0.1) is 13.0 Å². The van der Waals surface area contributed by atoms with Crippen LogP contribution in [0.4, 0.5) is 0 Å². The highest BCUT2D eigenvalue weighted by molar-refractivity contribution is 5.81. The van der Waals surface area contributed by atoms with Gasteiger partial charge >= 0.3 is 0 Å². The van der Waals surface area contributed by atoms with E-state index in [0.29, 0.717) is 6.04 Å². The van der Waals surface area contributed by atoms with E-state index in [4.69, 9.17) is 14.2 Å². The highest BCUT2D eigenvalue weighted by atomic mass is 16.6. The highest BCUT2D eigenvalue weighted by Gasteiger charge is 2.81. The summed E-state index contributed by atoms with van der Waals surface area (Å²) >= 11 is 0. The maximum Gasteiger partial charge on any atom is 0.165 e. The van der Waals surface area contributed by atoms with Crippen LogP contribution in [0.3, 0.4) is 0 Å². The molecule has 1 aromatic rings. The molecule has 1 aromatic carbocycles. The Kier molecular flexibility index (Phi) is 3.57. The molecule has 8 rings (SSSR count). The zero-order valence-electron chi connectivity index (χ0n) is 18.9. The van der Waals surface area contributed by atoms with E-state index in [0.717, 1.165) is 56.1 Å². The number of fused-ring (bicyclic) bond motifs is 2. The second-order valence-corrected chi connectivity index (χ2v) is 11.2. The van der Waals surface area contributed by atoms with Crippen molar-refractivity contribution in [1.82, 2.24) is 4.90 Å². The number of hydrogen-bond donors (Lipinski definition) is 0. The zero-order valence-corrected chi connectivity index (χ0v) is 18.9. The van der Waals surface area contributed by atoms with E-state index in [1.165, 1.54) is 30.5 Å². The van der Waals surface area contributed by atoms with Gasteiger partial charge in [0.1, 0.15) is 17.5 Å². The molecular weight excluding hydrogens is 390 g/mol. The molecule has 166 valence electrons. The predicted molar refractivity (Wildman–Crippen MR) is 116 cm³/mol. The number of nitrogens with zero attached hydrogens (tertiary/aromatic N) is 1. The summed E-state index contributed by atoms with van der Waals surface area (Å²) in [5, 5.41) is 0. The Morgan fingerprint density at radius 3 is 2.77 bits per heavy atom. The van der Waals surface area contributed by atoms with E-state index in [1.807, 2.05) is 0 Å². The van der Waals surface area contributed by atoms with Crippen molar-refractivity contribution in [2.45, 2.75) is 75.0 Å². The standard InChI is InChI=1S/C26H33NO4/c1-15(28)18-13-24-8-9-26(18,30-3)23-25(24)10-11-27(14-16-4-5-16)20(24)12-17-6-7-19(29-2)22(31-23)21(17)25/h6-7,16,18,20,23H,4-5,8-14H2,1-3H3/t18-,20-,23-,24?,25+,26-/m1/s1. The molecule has 2 spiro atoms. The Bertz CT molecular complexity index is 988. The molecule has 1 unspecified atom stereocenters. The van der Waals surface area contributed by atoms with Gasteiger partial charge in [-0.2, -0.15) is 0 Å². The van der Waals surface area contributed by atoms with Crippen molar-refractivity contribution < 1.29 is 19.0 Å². The molecule has 7 aliphatic rings. The fourth-order valence-electron chi connectivity index (χ4n) is 9.02. The van der Waals surface area contributed by atoms with Crippen LogP contribution >= 0.6 is 0 Å². The third kappa shape index (κ3) is 1.97. The number of likely N-dealkylation sites (tertiary alicyclic amines) is 1. The molecule has 2 heterocycles. The number of rotatable bonds is 5. The Morgan fingerprint density at radius 2 is 2.06 bits per heavy atom. The van der Waals surface area contributed by atoms with Crippen molar-refractivity contribution in [3.63, 3.8) is 0 Å². The summed E-state index contributed by atoms with van der Waals surface area (Å²) in [5.41, 5.74) is 2.34. The molecule has 31 heavy (non-hydrogen) atoms. The van der Waals surface area contributed by atoms with E-state index in [-0.39, 0.29) is 28.6 Å². The van der Waals surface area contributed by atoms with Crippen LogP contribution in [0, 0.1) is 17.3 Å². The van der Waals surface area contributed by atoms with E-state index in [9.17, 15) is 4.79 Å². The molecule has 6 atom stereocenters. The first-order chi connectivity index (χ1) is 15.0. The summed E-state index contributed by atoms with van der Waals surface area (Å²) in [6, 6.07) is 4.87. The summed E-state index contributed by atoms with van der Waals surface area (Å²) in [7, 11) is 3.54. The van der Waals surface area contributed by atoms with Gasteiger partial charge in [0.25, 0.3) is 0 Å². The van der Waals surface area contributed by atoms with Gasteiger partial charge in [0.2, 0.25) is 0 Å². The van der Waals surface area contributed by atoms with Crippen molar-refractivity contribution in [2.75, 3.05) is 27.3 Å². The number of Topliss-reactive ketones (excluding diaryl/α,β-unsaturated/α-hetero) is 1. The van der Waals surface area contributed by atoms with Gasteiger partial charge in [-0.15, -0.1) is 0 Å². The van der Waals surface area contributed by atoms with Gasteiger partial charge in [-0.25, -0.2) is 0 Å². The molecule has 0 aromatic heterocycles. The summed E-state index contributed by atoms with van der Waals surface area (Å²) in [5.74, 6) is 2.83. The van der Waals surface area contributed by atoms with Crippen LogP contribution in [0.25, 0.3) is 0 Å². The van der Waals surface area contributed by atoms with Gasteiger partial charge in [0.15, 0.2) is 11.5 Å². The van der Waals surface area contributed by atoms with Gasteiger partial charge < -0.3 is 14.2 Å². The lowest BCUT2D eigenvalue weighted by molar-refractivity contribution is -0.271. The lowest BCUT2D eigenvalue weighted by atomic mass is 9.34. The number of ether oxygens (including phenoxy) is 3. The van der Waals surface area contributed by atoms with Crippen molar-refractivity contribution >= 4 is 5.78 Å². The smallest absolute Gasteiger partial charge is 0.165 e. The Labute approximate surface area is 184 Å². The van der Waals surface area contributed by atoms with Crippen molar-refractivity contribution in [1.29, 1.82) is 0 Å². The van der Waals surface area contributed by atoms with Crippen molar-refractivity contribution in [3.8, 4) is 11.5 Å². The topological polar surface area (TPSA) is 48.0 Å². The number of methoxy groups -OCH3 is 2. The number of carbonyl (C=O) groups excluding carboxylic acids is 1. The summed E-state index contributed by atoms with van der Waals surface area (Å²) in [4.78, 5) is 15.8. The quantitative estimate of drug-likeness (QED) is 0.725. The first-order valence-corrected chi connectivity index (χ1v) is 12.2. The molecule has 4 bridgehead atoms. The molecule has 5 heteroatoms. The molecule has 0 radical (unpaired) electrons. The van der Waals surface area contributed by atoms with Crippen LogP contribution in [0.5, 0.6) is 11.5 Å². The molecule has 2 aliphatic heterocycles. The lowest BCUT2D eigenvalue weighted by Gasteiger charge is -2.73. The van der Waals surface area contributed by atoms with Crippen LogP contribution in [0.15, 0.2) is 12.1 Å². The van der Waals surface area contributed by atoms with Gasteiger partial charge in [-0.3, -0.25) is 9.69 Å². The van der Waals surface area contributed by atoms with Crippen LogP contribution in [-0.2, 0) is 21.4 Å². The van der Waals surface area contributed by atoms with Crippen LogP contribution < -0.4 is 9.47 Å². The number of carbonyl (C=O) groups is 1. The molecular formula is C26H33NO4. The SMILES string of the molecule is COc1ccc2c3c1O[C@H]1[C@@]4(OC)CCC5(C[C@@H]4C(C)=O)[C@@H](C2)N(CC2CC2)CC[C@]315. The third-order valence-corrected chi connectivity index (χ3v) is 10.4. The summed E-state index contributed by atoms with van der Waals surface area (Å²) < 4.78 is 19.0. The minimum atomic E-state index is -0.532. The number of piperidine rings is 1. The zero-order chi connectivity index (χ0) is 21.2. The molecule has 1 saturated heterocycles. The number of ketones is 1. The monoisotopic (exact) mass is 423 g/mol. The van der Waals surface area contributed by atoms with Gasteiger partial charge in [0, 0.05) is 36.1 Å². The van der Waals surface area contributed by atoms with Gasteiger partial charge in [-0.05, 0) is 76.0 Å². The Hall–Kier alpha value is -1.59. The second-order valence-electron chi connectivity index (χ2n) is 11.2. The molecule has 4 saturated carbocycles. The second kappa shape index (κ2) is 5.85. The maximum atomic E-state index is 13.0. The Morgan fingerprint density at radius 1 is 1.23 bits per heavy atom. The lowest BCUT2D eigenvalue weighted by Crippen LogP contribution is -2.81. The molecule has 0 N–H and O–H groups in total. The third-order valence-electron chi connectivity index (χ3n) is 10.4.